The minimum atomic E-state index is -0.569. The first-order valence-corrected chi connectivity index (χ1v) is 11.0. The molecule has 0 radical (unpaired) electrons. The normalized spacial score (nSPS) is 14.9. The summed E-state index contributed by atoms with van der Waals surface area (Å²) in [6, 6.07) is 9.72. The molecule has 1 fully saturated rings. The van der Waals surface area contributed by atoms with E-state index in [4.69, 9.17) is 4.74 Å². The van der Waals surface area contributed by atoms with Crippen molar-refractivity contribution < 1.29 is 33.4 Å². The molecule has 12 heteroatoms. The van der Waals surface area contributed by atoms with Gasteiger partial charge in [0, 0.05) is 31.3 Å². The fraction of sp³-hybridized carbons (Fsp3) is 0.250. The zero-order chi connectivity index (χ0) is 25.8. The average Bonchev–Trinajstić information content (AvgIpc) is 3.44. The van der Waals surface area contributed by atoms with Crippen molar-refractivity contribution in [3.05, 3.63) is 60.0 Å². The first-order chi connectivity index (χ1) is 17.2. The van der Waals surface area contributed by atoms with Crippen LogP contribution in [0.3, 0.4) is 0 Å². The molecule has 12 nitrogen and oxygen atoms in total. The summed E-state index contributed by atoms with van der Waals surface area (Å²) in [4.78, 5) is 65.0. The first-order valence-electron chi connectivity index (χ1n) is 11.0. The Morgan fingerprint density at radius 1 is 1.11 bits per heavy atom. The number of carbonyl (C=O) groups excluding carboxylic acids is 5. The van der Waals surface area contributed by atoms with Crippen molar-refractivity contribution in [1.29, 1.82) is 0 Å². The molecule has 36 heavy (non-hydrogen) atoms. The number of benzene rings is 1. The second-order valence-corrected chi connectivity index (χ2v) is 8.05. The Morgan fingerprint density at radius 3 is 2.56 bits per heavy atom. The fourth-order valence-corrected chi connectivity index (χ4v) is 3.62. The van der Waals surface area contributed by atoms with Crippen LogP contribution in [0, 0.1) is 0 Å². The smallest absolute Gasteiger partial charge is 0.414 e. The summed E-state index contributed by atoms with van der Waals surface area (Å²) in [7, 11) is 0. The van der Waals surface area contributed by atoms with Crippen LogP contribution < -0.4 is 15.5 Å². The lowest BCUT2D eigenvalue weighted by Crippen LogP contribution is -2.33. The Balaban J connectivity index is 1.47. The Kier molecular flexibility index (Phi) is 6.95. The standard InChI is InChI=1S/C24H23N5O7/c1-14(30)25-9-19-12-28(24(34)36-19)18-6-3-16(4-7-18)23(33)20-10-26-21-8-5-17(11-29(20)21)27-22(32)13-35-15(2)31/h3-8,10-11,19H,9,12-13H2,1-2H3,(H,25,30)(H,27,32)/t19-/m0/s1. The predicted octanol–water partition coefficient (Wildman–Crippen LogP) is 1.53. The van der Waals surface area contributed by atoms with Crippen molar-refractivity contribution in [2.45, 2.75) is 20.0 Å². The minimum Gasteiger partial charge on any atom is -0.456 e. The van der Waals surface area contributed by atoms with Gasteiger partial charge >= 0.3 is 12.1 Å². The molecule has 3 amide bonds. The fourth-order valence-electron chi connectivity index (χ4n) is 3.62. The van der Waals surface area contributed by atoms with Crippen molar-refractivity contribution in [3.63, 3.8) is 0 Å². The van der Waals surface area contributed by atoms with Gasteiger partial charge in [0.05, 0.1) is 25.0 Å². The Labute approximate surface area is 205 Å². The number of hydrogen-bond acceptors (Lipinski definition) is 8. The lowest BCUT2D eigenvalue weighted by molar-refractivity contribution is -0.144. The highest BCUT2D eigenvalue weighted by molar-refractivity contribution is 6.08. The summed E-state index contributed by atoms with van der Waals surface area (Å²) in [6.07, 6.45) is 1.98. The summed E-state index contributed by atoms with van der Waals surface area (Å²) in [6.45, 7) is 2.65. The first kappa shape index (κ1) is 24.4. The highest BCUT2D eigenvalue weighted by atomic mass is 16.6. The van der Waals surface area contributed by atoms with Crippen LogP contribution in [0.2, 0.25) is 0 Å². The number of ether oxygens (including phenoxy) is 2. The van der Waals surface area contributed by atoms with Crippen LogP contribution in [-0.2, 0) is 23.9 Å². The summed E-state index contributed by atoms with van der Waals surface area (Å²) in [5.74, 6) is -1.62. The van der Waals surface area contributed by atoms with Gasteiger partial charge < -0.3 is 20.1 Å². The van der Waals surface area contributed by atoms with Gasteiger partial charge in [-0.15, -0.1) is 0 Å². The van der Waals surface area contributed by atoms with Crippen LogP contribution >= 0.6 is 0 Å². The third-order valence-corrected chi connectivity index (χ3v) is 5.32. The van der Waals surface area contributed by atoms with E-state index >= 15 is 0 Å². The van der Waals surface area contributed by atoms with Crippen molar-refractivity contribution in [1.82, 2.24) is 14.7 Å². The number of pyridine rings is 1. The molecule has 0 bridgehead atoms. The third kappa shape index (κ3) is 5.49. The van der Waals surface area contributed by atoms with Crippen LogP contribution in [0.15, 0.2) is 48.8 Å². The molecule has 1 aliphatic heterocycles. The van der Waals surface area contributed by atoms with E-state index in [2.05, 4.69) is 20.4 Å². The molecule has 2 aromatic heterocycles. The molecule has 0 aliphatic carbocycles. The van der Waals surface area contributed by atoms with E-state index < -0.39 is 30.7 Å². The number of imidazole rings is 1. The van der Waals surface area contributed by atoms with Crippen LogP contribution in [-0.4, -0.2) is 64.8 Å². The van der Waals surface area contributed by atoms with Crippen molar-refractivity contribution in [2.75, 3.05) is 29.9 Å². The second-order valence-electron chi connectivity index (χ2n) is 8.05. The van der Waals surface area contributed by atoms with Crippen LogP contribution in [0.4, 0.5) is 16.2 Å². The average molecular weight is 493 g/mol. The van der Waals surface area contributed by atoms with E-state index in [0.29, 0.717) is 22.6 Å². The number of fused-ring (bicyclic) bond motifs is 1. The monoisotopic (exact) mass is 493 g/mol. The number of cyclic esters (lactones) is 1. The highest BCUT2D eigenvalue weighted by Gasteiger charge is 2.32. The summed E-state index contributed by atoms with van der Waals surface area (Å²) >= 11 is 0. The van der Waals surface area contributed by atoms with E-state index in [0.717, 1.165) is 0 Å². The number of anilines is 2. The zero-order valence-electron chi connectivity index (χ0n) is 19.5. The molecular weight excluding hydrogens is 470 g/mol. The van der Waals surface area contributed by atoms with Gasteiger partial charge in [0.2, 0.25) is 11.7 Å². The van der Waals surface area contributed by atoms with E-state index in [1.807, 2.05) is 0 Å². The summed E-state index contributed by atoms with van der Waals surface area (Å²) in [5.41, 5.74) is 2.08. The van der Waals surface area contributed by atoms with Gasteiger partial charge in [-0.3, -0.25) is 28.5 Å². The predicted molar refractivity (Wildman–Crippen MR) is 127 cm³/mol. The Morgan fingerprint density at radius 2 is 1.86 bits per heavy atom. The maximum absolute atomic E-state index is 13.2. The largest absolute Gasteiger partial charge is 0.456 e. The molecule has 1 aromatic carbocycles. The van der Waals surface area contributed by atoms with Gasteiger partial charge in [-0.25, -0.2) is 9.78 Å². The summed E-state index contributed by atoms with van der Waals surface area (Å²) in [5, 5.41) is 5.22. The summed E-state index contributed by atoms with van der Waals surface area (Å²) < 4.78 is 11.5. The number of carbonyl (C=O) groups is 5. The van der Waals surface area contributed by atoms with Gasteiger partial charge in [-0.1, -0.05) is 0 Å². The number of hydrogen-bond donors (Lipinski definition) is 2. The topological polar surface area (TPSA) is 148 Å². The van der Waals surface area contributed by atoms with E-state index in [1.165, 1.54) is 24.9 Å². The van der Waals surface area contributed by atoms with Gasteiger partial charge in [0.15, 0.2) is 6.61 Å². The number of nitrogens with one attached hydrogen (secondary N) is 2. The van der Waals surface area contributed by atoms with Crippen molar-refractivity contribution >= 4 is 46.7 Å². The van der Waals surface area contributed by atoms with E-state index in [1.54, 1.807) is 47.0 Å². The number of ketones is 1. The van der Waals surface area contributed by atoms with E-state index in [9.17, 15) is 24.0 Å². The highest BCUT2D eigenvalue weighted by Crippen LogP contribution is 2.23. The number of amides is 3. The molecule has 0 spiro atoms. The van der Waals surface area contributed by atoms with Gasteiger partial charge in [0.25, 0.3) is 5.91 Å². The van der Waals surface area contributed by atoms with Gasteiger partial charge in [-0.05, 0) is 36.4 Å². The van der Waals surface area contributed by atoms with Gasteiger partial charge in [-0.2, -0.15) is 0 Å². The van der Waals surface area contributed by atoms with Crippen LogP contribution in [0.5, 0.6) is 0 Å². The molecule has 4 rings (SSSR count). The third-order valence-electron chi connectivity index (χ3n) is 5.32. The lowest BCUT2D eigenvalue weighted by Gasteiger charge is -2.13. The molecule has 2 N–H and O–H groups in total. The van der Waals surface area contributed by atoms with E-state index in [-0.39, 0.29) is 30.5 Å². The number of rotatable bonds is 8. The van der Waals surface area contributed by atoms with Gasteiger partial charge in [0.1, 0.15) is 17.4 Å². The number of esters is 1. The zero-order valence-corrected chi connectivity index (χ0v) is 19.5. The van der Waals surface area contributed by atoms with Crippen molar-refractivity contribution in [2.24, 2.45) is 0 Å². The quantitative estimate of drug-likeness (QED) is 0.355. The Hall–Kier alpha value is -4.74. The number of nitrogens with zero attached hydrogens (tertiary/aromatic N) is 3. The molecule has 1 saturated heterocycles. The molecule has 3 heterocycles. The SMILES string of the molecule is CC(=O)NC[C@H]1CN(c2ccc(C(=O)c3cnc4ccc(NC(=O)COC(C)=O)cn34)cc2)C(=O)O1. The maximum Gasteiger partial charge on any atom is 0.414 e. The molecule has 1 atom stereocenters. The van der Waals surface area contributed by atoms with Crippen LogP contribution in [0.25, 0.3) is 5.65 Å². The minimum absolute atomic E-state index is 0.212. The van der Waals surface area contributed by atoms with Crippen molar-refractivity contribution in [3.8, 4) is 0 Å². The molecule has 0 saturated carbocycles. The molecule has 0 unspecified atom stereocenters. The second kappa shape index (κ2) is 10.3. The molecule has 1 aliphatic rings. The molecular formula is C24H23N5O7. The molecule has 3 aromatic rings. The Bertz CT molecular complexity index is 1350. The molecule has 186 valence electrons. The maximum atomic E-state index is 13.2. The lowest BCUT2D eigenvalue weighted by atomic mass is 10.1. The van der Waals surface area contributed by atoms with Crippen LogP contribution in [0.1, 0.15) is 29.9 Å². The number of aromatic nitrogens is 2.